The van der Waals surface area contributed by atoms with Gasteiger partial charge in [-0.2, -0.15) is 0 Å². The lowest BCUT2D eigenvalue weighted by atomic mass is 9.89. The molecule has 0 aromatic heterocycles. The highest BCUT2D eigenvalue weighted by Gasteiger charge is 2.39. The molecule has 20 heavy (non-hydrogen) atoms. The maximum absolute atomic E-state index is 6.03. The van der Waals surface area contributed by atoms with Crippen LogP contribution in [0.2, 0.25) is 0 Å². The van der Waals surface area contributed by atoms with E-state index >= 15 is 0 Å². The van der Waals surface area contributed by atoms with Gasteiger partial charge in [0.05, 0.1) is 13.7 Å². The van der Waals surface area contributed by atoms with E-state index in [1.165, 1.54) is 25.7 Å². The van der Waals surface area contributed by atoms with Gasteiger partial charge in [-0.15, -0.1) is 0 Å². The number of benzene rings is 1. The molecule has 2 bridgehead atoms. The smallest absolute Gasteiger partial charge is 0.161 e. The minimum atomic E-state index is 0.0171. The molecule has 0 aliphatic heterocycles. The van der Waals surface area contributed by atoms with Gasteiger partial charge in [-0.25, -0.2) is 0 Å². The molecule has 4 atom stereocenters. The Bertz CT molecular complexity index is 472. The van der Waals surface area contributed by atoms with Crippen molar-refractivity contribution in [2.45, 2.75) is 38.6 Å². The molecule has 0 saturated heterocycles. The van der Waals surface area contributed by atoms with Crippen LogP contribution in [-0.2, 0) is 0 Å². The predicted molar refractivity (Wildman–Crippen MR) is 80.0 cm³/mol. The molecule has 2 saturated carbocycles. The van der Waals surface area contributed by atoms with Crippen molar-refractivity contribution in [3.8, 4) is 11.5 Å². The molecule has 3 nitrogen and oxygen atoms in total. The molecule has 3 rings (SSSR count). The Labute approximate surface area is 121 Å². The van der Waals surface area contributed by atoms with E-state index in [1.807, 2.05) is 25.1 Å². The van der Waals surface area contributed by atoms with Crippen LogP contribution in [0.4, 0.5) is 0 Å². The predicted octanol–water partition coefficient (Wildman–Crippen LogP) is 3.53. The summed E-state index contributed by atoms with van der Waals surface area (Å²) in [4.78, 5) is 0. The van der Waals surface area contributed by atoms with Gasteiger partial charge in [-0.05, 0) is 61.6 Å². The summed E-state index contributed by atoms with van der Waals surface area (Å²) in [6, 6.07) is 6.03. The van der Waals surface area contributed by atoms with Gasteiger partial charge in [0.25, 0.3) is 0 Å². The van der Waals surface area contributed by atoms with Crippen LogP contribution in [0.25, 0.3) is 0 Å². The van der Waals surface area contributed by atoms with Crippen molar-refractivity contribution in [1.82, 2.24) is 0 Å². The second-order valence-corrected chi connectivity index (χ2v) is 6.44. The van der Waals surface area contributed by atoms with E-state index in [2.05, 4.69) is 0 Å². The van der Waals surface area contributed by atoms with Crippen molar-refractivity contribution in [1.29, 1.82) is 0 Å². The average molecular weight is 275 g/mol. The third-order valence-corrected chi connectivity index (χ3v) is 5.05. The van der Waals surface area contributed by atoms with E-state index in [0.29, 0.717) is 0 Å². The van der Waals surface area contributed by atoms with Crippen molar-refractivity contribution < 1.29 is 9.47 Å². The van der Waals surface area contributed by atoms with Crippen molar-refractivity contribution in [2.24, 2.45) is 23.5 Å². The minimum Gasteiger partial charge on any atom is -0.493 e. The number of methoxy groups -OCH3 is 1. The Morgan fingerprint density at radius 3 is 2.70 bits per heavy atom. The first kappa shape index (κ1) is 13.7. The molecule has 2 aliphatic rings. The number of hydrogen-bond acceptors (Lipinski definition) is 3. The third kappa shape index (κ3) is 2.64. The standard InChI is InChI=1S/C17H25NO2/c1-11(18)13-5-6-16(17(9-13)19-2)20-10-15-8-12-3-4-14(15)7-12/h5-6,9,11-12,14-15H,3-4,7-8,10,18H2,1-2H3/t11-,12?,14?,15?/m1/s1. The van der Waals surface area contributed by atoms with Crippen LogP contribution in [0.1, 0.15) is 44.2 Å². The summed E-state index contributed by atoms with van der Waals surface area (Å²) in [6.45, 7) is 2.81. The molecule has 0 radical (unpaired) electrons. The van der Waals surface area contributed by atoms with Crippen molar-refractivity contribution in [3.05, 3.63) is 23.8 Å². The SMILES string of the molecule is COc1cc([C@@H](C)N)ccc1OCC1CC2CCC1C2. The van der Waals surface area contributed by atoms with Crippen LogP contribution in [0.3, 0.4) is 0 Å². The lowest BCUT2D eigenvalue weighted by Crippen LogP contribution is -2.18. The molecule has 1 aromatic carbocycles. The molecule has 0 heterocycles. The fraction of sp³-hybridized carbons (Fsp3) is 0.647. The van der Waals surface area contributed by atoms with Crippen LogP contribution >= 0.6 is 0 Å². The van der Waals surface area contributed by atoms with Gasteiger partial charge in [0, 0.05) is 6.04 Å². The van der Waals surface area contributed by atoms with Crippen LogP contribution in [0.15, 0.2) is 18.2 Å². The first-order valence-electron chi connectivity index (χ1n) is 7.73. The molecular weight excluding hydrogens is 250 g/mol. The molecule has 2 fully saturated rings. The lowest BCUT2D eigenvalue weighted by molar-refractivity contribution is 0.189. The zero-order chi connectivity index (χ0) is 14.1. The number of rotatable bonds is 5. The highest BCUT2D eigenvalue weighted by atomic mass is 16.5. The van der Waals surface area contributed by atoms with Gasteiger partial charge < -0.3 is 15.2 Å². The number of nitrogens with two attached hydrogens (primary N) is 1. The molecular formula is C17H25NO2. The van der Waals surface area contributed by atoms with Crippen LogP contribution in [-0.4, -0.2) is 13.7 Å². The molecule has 1 aromatic rings. The summed E-state index contributed by atoms with van der Waals surface area (Å²) >= 11 is 0. The van der Waals surface area contributed by atoms with Crippen molar-refractivity contribution in [3.63, 3.8) is 0 Å². The maximum atomic E-state index is 6.03. The summed E-state index contributed by atoms with van der Waals surface area (Å²) in [5.74, 6) is 4.25. The first-order chi connectivity index (χ1) is 9.67. The molecule has 0 spiro atoms. The summed E-state index contributed by atoms with van der Waals surface area (Å²) in [7, 11) is 1.69. The Kier molecular flexibility index (Phi) is 3.88. The maximum Gasteiger partial charge on any atom is 0.161 e. The summed E-state index contributed by atoms with van der Waals surface area (Å²) in [6.07, 6.45) is 5.62. The summed E-state index contributed by atoms with van der Waals surface area (Å²) < 4.78 is 11.5. The average Bonchev–Trinajstić information content (AvgIpc) is 3.07. The first-order valence-corrected chi connectivity index (χ1v) is 7.73. The van der Waals surface area contributed by atoms with E-state index < -0.39 is 0 Å². The van der Waals surface area contributed by atoms with Gasteiger partial charge >= 0.3 is 0 Å². The largest absolute Gasteiger partial charge is 0.493 e. The molecule has 0 amide bonds. The fourth-order valence-corrected chi connectivity index (χ4v) is 3.86. The topological polar surface area (TPSA) is 44.5 Å². The Balaban J connectivity index is 1.65. The van der Waals surface area contributed by atoms with Crippen molar-refractivity contribution in [2.75, 3.05) is 13.7 Å². The van der Waals surface area contributed by atoms with Crippen molar-refractivity contribution >= 4 is 0 Å². The highest BCUT2D eigenvalue weighted by molar-refractivity contribution is 5.43. The van der Waals surface area contributed by atoms with E-state index in [0.717, 1.165) is 41.4 Å². The van der Waals surface area contributed by atoms with E-state index in [4.69, 9.17) is 15.2 Å². The monoisotopic (exact) mass is 275 g/mol. The van der Waals surface area contributed by atoms with Gasteiger partial charge in [0.15, 0.2) is 11.5 Å². The Hall–Kier alpha value is -1.22. The Morgan fingerprint density at radius 2 is 2.10 bits per heavy atom. The molecule has 3 heteroatoms. The van der Waals surface area contributed by atoms with E-state index in [9.17, 15) is 0 Å². The second kappa shape index (κ2) is 5.65. The summed E-state index contributed by atoms with van der Waals surface area (Å²) in [5, 5.41) is 0. The van der Waals surface area contributed by atoms with E-state index in [1.54, 1.807) is 7.11 Å². The third-order valence-electron chi connectivity index (χ3n) is 5.05. The minimum absolute atomic E-state index is 0.0171. The van der Waals surface area contributed by atoms with E-state index in [-0.39, 0.29) is 6.04 Å². The fourth-order valence-electron chi connectivity index (χ4n) is 3.86. The molecule has 2 N–H and O–H groups in total. The normalized spacial score (nSPS) is 29.4. The number of fused-ring (bicyclic) bond motifs is 2. The van der Waals surface area contributed by atoms with Crippen LogP contribution in [0, 0.1) is 17.8 Å². The number of ether oxygens (including phenoxy) is 2. The van der Waals surface area contributed by atoms with Gasteiger partial charge in [0.2, 0.25) is 0 Å². The molecule has 2 aliphatic carbocycles. The molecule has 110 valence electrons. The lowest BCUT2D eigenvalue weighted by Gasteiger charge is -2.22. The van der Waals surface area contributed by atoms with Gasteiger partial charge in [-0.1, -0.05) is 12.5 Å². The van der Waals surface area contributed by atoms with Gasteiger partial charge in [-0.3, -0.25) is 0 Å². The van der Waals surface area contributed by atoms with Crippen LogP contribution < -0.4 is 15.2 Å². The summed E-state index contributed by atoms with van der Waals surface area (Å²) in [5.41, 5.74) is 6.98. The quantitative estimate of drug-likeness (QED) is 0.894. The Morgan fingerprint density at radius 1 is 1.25 bits per heavy atom. The van der Waals surface area contributed by atoms with Crippen LogP contribution in [0.5, 0.6) is 11.5 Å². The highest BCUT2D eigenvalue weighted by Crippen LogP contribution is 2.48. The zero-order valence-electron chi connectivity index (χ0n) is 12.5. The second-order valence-electron chi connectivity index (χ2n) is 6.44. The van der Waals surface area contributed by atoms with Gasteiger partial charge in [0.1, 0.15) is 0 Å². The molecule has 3 unspecified atom stereocenters. The number of hydrogen-bond donors (Lipinski definition) is 1. The zero-order valence-corrected chi connectivity index (χ0v) is 12.5.